The molecule has 5 heteroatoms. The molecule has 0 aliphatic rings. The highest BCUT2D eigenvalue weighted by atomic mass is 35.5. The van der Waals surface area contributed by atoms with Crippen molar-refractivity contribution >= 4 is 54.9 Å². The fourth-order valence-corrected chi connectivity index (χ4v) is 5.25. The van der Waals surface area contributed by atoms with Gasteiger partial charge in [0.2, 0.25) is 0 Å². The lowest BCUT2D eigenvalue weighted by molar-refractivity contribution is 0.405. The molecule has 25 heavy (non-hydrogen) atoms. The average molecular weight is 385 g/mol. The van der Waals surface area contributed by atoms with Gasteiger partial charge in [-0.05, 0) is 36.4 Å². The van der Waals surface area contributed by atoms with Crippen molar-refractivity contribution in [1.29, 1.82) is 0 Å². The minimum absolute atomic E-state index is 0.0279. The second kappa shape index (κ2) is 6.71. The minimum atomic E-state index is 0.0279. The molecule has 1 heterocycles. The van der Waals surface area contributed by atoms with Crippen molar-refractivity contribution in [2.75, 3.05) is 7.11 Å². The van der Waals surface area contributed by atoms with Gasteiger partial charge >= 0.3 is 0 Å². The summed E-state index contributed by atoms with van der Waals surface area (Å²) in [6, 6.07) is 19.2. The Morgan fingerprint density at radius 2 is 1.68 bits per heavy atom. The van der Waals surface area contributed by atoms with Gasteiger partial charge in [-0.2, -0.15) is 0 Å². The van der Waals surface area contributed by atoms with Crippen LogP contribution in [0.2, 0.25) is 5.02 Å². The highest BCUT2D eigenvalue weighted by molar-refractivity contribution is 7.99. The van der Waals surface area contributed by atoms with Gasteiger partial charge in [-0.1, -0.05) is 47.6 Å². The first kappa shape index (κ1) is 16.5. The summed E-state index contributed by atoms with van der Waals surface area (Å²) < 4.78 is 7.18. The molecule has 4 aromatic rings. The van der Waals surface area contributed by atoms with Crippen molar-refractivity contribution in [3.63, 3.8) is 0 Å². The van der Waals surface area contributed by atoms with Gasteiger partial charge in [0.25, 0.3) is 0 Å². The molecule has 124 valence electrons. The number of hydrogen-bond acceptors (Lipinski definition) is 4. The standard InChI is InChI=1S/C20H13ClO2S2/c1-23-14-7-3-5-9-16(14)24-17-11-10-13-19(22)12-6-2-4-8-15(12)25-20(13)18(17)21/h2-11H,1H3. The van der Waals surface area contributed by atoms with Gasteiger partial charge in [0, 0.05) is 20.4 Å². The van der Waals surface area contributed by atoms with E-state index in [9.17, 15) is 4.79 Å². The number of ether oxygens (including phenoxy) is 1. The molecule has 0 aliphatic carbocycles. The number of hydrogen-bond donors (Lipinski definition) is 0. The maximum Gasteiger partial charge on any atom is 0.195 e. The molecule has 0 aliphatic heterocycles. The first-order valence-electron chi connectivity index (χ1n) is 7.64. The van der Waals surface area contributed by atoms with Crippen molar-refractivity contribution < 1.29 is 4.74 Å². The van der Waals surface area contributed by atoms with Gasteiger partial charge in [0.1, 0.15) is 5.75 Å². The molecule has 0 amide bonds. The van der Waals surface area contributed by atoms with Gasteiger partial charge in [-0.15, -0.1) is 11.3 Å². The average Bonchev–Trinajstić information content (AvgIpc) is 2.65. The fourth-order valence-electron chi connectivity index (χ4n) is 2.72. The predicted molar refractivity (Wildman–Crippen MR) is 108 cm³/mol. The van der Waals surface area contributed by atoms with Crippen molar-refractivity contribution in [2.24, 2.45) is 0 Å². The number of benzene rings is 3. The quantitative estimate of drug-likeness (QED) is 0.392. The van der Waals surface area contributed by atoms with Gasteiger partial charge in [0.15, 0.2) is 5.43 Å². The Kier molecular flexibility index (Phi) is 4.42. The summed E-state index contributed by atoms with van der Waals surface area (Å²) in [6.45, 7) is 0. The maximum absolute atomic E-state index is 12.7. The maximum atomic E-state index is 12.7. The lowest BCUT2D eigenvalue weighted by Gasteiger charge is -2.10. The molecule has 3 aromatic carbocycles. The number of methoxy groups -OCH3 is 1. The summed E-state index contributed by atoms with van der Waals surface area (Å²) in [6.07, 6.45) is 0. The molecule has 0 atom stereocenters. The summed E-state index contributed by atoms with van der Waals surface area (Å²) in [5.74, 6) is 0.801. The molecule has 0 saturated carbocycles. The van der Waals surface area contributed by atoms with Crippen molar-refractivity contribution in [3.8, 4) is 5.75 Å². The first-order valence-corrected chi connectivity index (χ1v) is 9.65. The van der Waals surface area contributed by atoms with Crippen LogP contribution in [0.3, 0.4) is 0 Å². The summed E-state index contributed by atoms with van der Waals surface area (Å²) in [5, 5.41) is 2.01. The van der Waals surface area contributed by atoms with Crippen LogP contribution in [-0.2, 0) is 0 Å². The molecule has 0 fully saturated rings. The van der Waals surface area contributed by atoms with E-state index < -0.39 is 0 Å². The van der Waals surface area contributed by atoms with Crippen LogP contribution in [-0.4, -0.2) is 7.11 Å². The third kappa shape index (κ3) is 2.91. The topological polar surface area (TPSA) is 26.3 Å². The third-order valence-electron chi connectivity index (χ3n) is 3.94. The third-order valence-corrected chi connectivity index (χ3v) is 6.88. The Balaban J connectivity index is 1.91. The molecule has 0 bridgehead atoms. The smallest absolute Gasteiger partial charge is 0.195 e. The Morgan fingerprint density at radius 3 is 2.52 bits per heavy atom. The van der Waals surface area contributed by atoms with Crippen LogP contribution in [0, 0.1) is 0 Å². The molecule has 0 unspecified atom stereocenters. The molecule has 0 saturated heterocycles. The van der Waals surface area contributed by atoms with E-state index in [1.54, 1.807) is 18.4 Å². The van der Waals surface area contributed by atoms with Crippen LogP contribution in [0.15, 0.2) is 75.2 Å². The molecule has 0 radical (unpaired) electrons. The molecular weight excluding hydrogens is 372 g/mol. The number of rotatable bonds is 3. The number of halogens is 1. The van der Waals surface area contributed by atoms with E-state index in [0.29, 0.717) is 10.4 Å². The van der Waals surface area contributed by atoms with Crippen molar-refractivity contribution in [3.05, 3.63) is 75.9 Å². The van der Waals surface area contributed by atoms with Gasteiger partial charge in [0.05, 0.1) is 21.7 Å². The molecule has 0 N–H and O–H groups in total. The monoisotopic (exact) mass is 384 g/mol. The van der Waals surface area contributed by atoms with Crippen LogP contribution < -0.4 is 10.2 Å². The highest BCUT2D eigenvalue weighted by Crippen LogP contribution is 2.42. The lowest BCUT2D eigenvalue weighted by atomic mass is 10.2. The molecular formula is C20H13ClO2S2. The van der Waals surface area contributed by atoms with Crippen LogP contribution in [0.4, 0.5) is 0 Å². The second-order valence-corrected chi connectivity index (χ2v) is 7.95. The summed E-state index contributed by atoms with van der Waals surface area (Å²) in [4.78, 5) is 14.6. The summed E-state index contributed by atoms with van der Waals surface area (Å²) >= 11 is 9.76. The zero-order valence-corrected chi connectivity index (χ0v) is 15.7. The fraction of sp³-hybridized carbons (Fsp3) is 0.0500. The second-order valence-electron chi connectivity index (χ2n) is 5.43. The predicted octanol–water partition coefficient (Wildman–Crippen LogP) is 6.23. The van der Waals surface area contributed by atoms with Crippen LogP contribution in [0.5, 0.6) is 5.75 Å². The van der Waals surface area contributed by atoms with E-state index in [1.165, 1.54) is 11.8 Å². The number of fused-ring (bicyclic) bond motifs is 2. The lowest BCUT2D eigenvalue weighted by Crippen LogP contribution is -2.01. The zero-order valence-electron chi connectivity index (χ0n) is 13.3. The van der Waals surface area contributed by atoms with Crippen LogP contribution >= 0.6 is 34.7 Å². The SMILES string of the molecule is COc1ccccc1Sc1ccc2c(=O)c3ccccc3sc2c1Cl. The Morgan fingerprint density at radius 1 is 0.920 bits per heavy atom. The van der Waals surface area contributed by atoms with E-state index in [0.717, 1.165) is 30.3 Å². The van der Waals surface area contributed by atoms with E-state index in [1.807, 2.05) is 60.7 Å². The van der Waals surface area contributed by atoms with Crippen LogP contribution in [0.1, 0.15) is 0 Å². The summed E-state index contributed by atoms with van der Waals surface area (Å²) in [5.41, 5.74) is 0.0279. The first-order chi connectivity index (χ1) is 12.2. The van der Waals surface area contributed by atoms with E-state index in [2.05, 4.69) is 0 Å². The van der Waals surface area contributed by atoms with E-state index >= 15 is 0 Å². The molecule has 1 aromatic heterocycles. The normalized spacial score (nSPS) is 11.1. The van der Waals surface area contributed by atoms with Gasteiger partial charge in [-0.25, -0.2) is 0 Å². The summed E-state index contributed by atoms with van der Waals surface area (Å²) in [7, 11) is 1.65. The molecule has 4 rings (SSSR count). The zero-order chi connectivity index (χ0) is 17.4. The Bertz CT molecular complexity index is 1150. The molecule has 0 spiro atoms. The largest absolute Gasteiger partial charge is 0.496 e. The van der Waals surface area contributed by atoms with E-state index in [4.69, 9.17) is 16.3 Å². The van der Waals surface area contributed by atoms with Gasteiger partial charge < -0.3 is 4.74 Å². The van der Waals surface area contributed by atoms with Crippen LogP contribution in [0.25, 0.3) is 20.2 Å². The minimum Gasteiger partial charge on any atom is -0.496 e. The van der Waals surface area contributed by atoms with Crippen molar-refractivity contribution in [1.82, 2.24) is 0 Å². The highest BCUT2D eigenvalue weighted by Gasteiger charge is 2.14. The Hall–Kier alpha value is -2.01. The number of para-hydroxylation sites is 1. The Labute approximate surface area is 158 Å². The van der Waals surface area contributed by atoms with Crippen molar-refractivity contribution in [2.45, 2.75) is 9.79 Å². The molecule has 2 nitrogen and oxygen atoms in total. The van der Waals surface area contributed by atoms with Gasteiger partial charge in [-0.3, -0.25) is 4.79 Å². The van der Waals surface area contributed by atoms with E-state index in [-0.39, 0.29) is 5.43 Å².